The number of sulfone groups is 2. The van der Waals surface area contributed by atoms with Crippen LogP contribution in [0.4, 0.5) is 11.4 Å². The topological polar surface area (TPSA) is 220 Å². The fourth-order valence-corrected chi connectivity index (χ4v) is 17.4. The molecule has 88 heavy (non-hydrogen) atoms. The lowest BCUT2D eigenvalue weighted by Crippen LogP contribution is -2.36. The maximum atomic E-state index is 12.4. The molecular formula is C66H73N5O13S4. The first-order valence-corrected chi connectivity index (χ1v) is 35.9. The first-order chi connectivity index (χ1) is 42.6. The maximum absolute atomic E-state index is 12.4. The van der Waals surface area contributed by atoms with Gasteiger partial charge in [0.05, 0.1) is 86.0 Å². The van der Waals surface area contributed by atoms with Crippen molar-refractivity contribution in [2.45, 2.75) is 112 Å². The number of aromatic carboxylic acids is 1. The second kappa shape index (κ2) is 25.1. The van der Waals surface area contributed by atoms with Crippen molar-refractivity contribution in [3.8, 4) is 45.5 Å². The summed E-state index contributed by atoms with van der Waals surface area (Å²) >= 11 is 2.89. The predicted octanol–water partition coefficient (Wildman–Crippen LogP) is 12.1. The van der Waals surface area contributed by atoms with E-state index < -0.39 is 25.6 Å². The number of rotatable bonds is 14. The van der Waals surface area contributed by atoms with E-state index in [1.165, 1.54) is 90.5 Å². The molecule has 3 N–H and O–H groups in total. The molecule has 0 atom stereocenters. The summed E-state index contributed by atoms with van der Waals surface area (Å²) in [6, 6.07) is 26.1. The smallest absolute Gasteiger partial charge is 0.345 e. The number of primary amides is 1. The largest absolute Gasteiger partial charge is 0.491 e. The van der Waals surface area contributed by atoms with Gasteiger partial charge >= 0.3 is 5.97 Å². The first-order valence-electron chi connectivity index (χ1n) is 30.5. The maximum Gasteiger partial charge on any atom is 0.345 e. The fraction of sp³-hybridized carbons (Fsp3) is 0.424. The highest BCUT2D eigenvalue weighted by Crippen LogP contribution is 2.52. The van der Waals surface area contributed by atoms with E-state index in [-0.39, 0.29) is 28.9 Å². The van der Waals surface area contributed by atoms with E-state index in [1.807, 2.05) is 54.6 Å². The molecule has 4 aliphatic heterocycles. The molecule has 4 fully saturated rings. The van der Waals surface area contributed by atoms with Gasteiger partial charge in [0.15, 0.2) is 19.7 Å². The highest BCUT2D eigenvalue weighted by molar-refractivity contribution is 7.91. The number of hydrogen-bond donors (Lipinski definition) is 2. The average molecular weight is 1270 g/mol. The molecule has 6 aliphatic rings. The molecule has 18 nitrogen and oxygen atoms in total. The van der Waals surface area contributed by atoms with Gasteiger partial charge in [-0.2, -0.15) is 0 Å². The molecule has 2 aliphatic carbocycles. The summed E-state index contributed by atoms with van der Waals surface area (Å²) in [5.41, 5.74) is 18.1. The van der Waals surface area contributed by atoms with Crippen molar-refractivity contribution < 1.29 is 60.0 Å². The summed E-state index contributed by atoms with van der Waals surface area (Å²) < 4.78 is 92.6. The molecule has 1 amide bonds. The van der Waals surface area contributed by atoms with Crippen LogP contribution < -0.4 is 34.5 Å². The van der Waals surface area contributed by atoms with E-state index in [1.54, 1.807) is 24.3 Å². The summed E-state index contributed by atoms with van der Waals surface area (Å²) in [6.07, 6.45) is 14.2. The minimum absolute atomic E-state index is 0.201. The number of nitrogens with zero attached hydrogens (tertiary/aromatic N) is 4. The number of aromatic nitrogens is 2. The summed E-state index contributed by atoms with van der Waals surface area (Å²) in [5, 5.41) is 9.76. The lowest BCUT2D eigenvalue weighted by molar-refractivity contribution is 0.0701. The van der Waals surface area contributed by atoms with Gasteiger partial charge in [0, 0.05) is 84.5 Å². The first kappa shape index (κ1) is 59.9. The van der Waals surface area contributed by atoms with Crippen LogP contribution in [-0.2, 0) is 55.5 Å². The summed E-state index contributed by atoms with van der Waals surface area (Å²) in [4.78, 5) is 29.9. The number of anilines is 2. The molecule has 0 spiro atoms. The lowest BCUT2D eigenvalue weighted by atomic mass is 9.83. The molecule has 22 heteroatoms. The Kier molecular flexibility index (Phi) is 17.1. The van der Waals surface area contributed by atoms with Crippen molar-refractivity contribution in [1.82, 2.24) is 9.13 Å². The fourth-order valence-electron chi connectivity index (χ4n) is 13.8. The Balaban J connectivity index is 0.000000162. The van der Waals surface area contributed by atoms with Gasteiger partial charge in [-0.05, 0) is 121 Å². The number of fused-ring (bicyclic) bond motifs is 10. The van der Waals surface area contributed by atoms with E-state index >= 15 is 0 Å². The molecule has 14 rings (SSSR count). The number of benzene rings is 4. The second-order valence-corrected chi connectivity index (χ2v) is 29.9. The number of hydrogen-bond acceptors (Lipinski definition) is 16. The number of carboxylic acids is 1. The lowest BCUT2D eigenvalue weighted by Gasteiger charge is -2.30. The third-order valence-electron chi connectivity index (χ3n) is 18.0. The Morgan fingerprint density at radius 1 is 0.545 bits per heavy atom. The Morgan fingerprint density at radius 3 is 1.38 bits per heavy atom. The van der Waals surface area contributed by atoms with E-state index in [2.05, 4.69) is 25.0 Å². The molecule has 8 aromatic rings. The molecule has 8 heterocycles. The Bertz CT molecular complexity index is 3930. The van der Waals surface area contributed by atoms with Crippen molar-refractivity contribution in [3.63, 3.8) is 0 Å². The van der Waals surface area contributed by atoms with Crippen LogP contribution in [0.5, 0.6) is 23.0 Å². The molecule has 4 aromatic carbocycles. The third kappa shape index (κ3) is 12.1. The highest BCUT2D eigenvalue weighted by Gasteiger charge is 2.34. The third-order valence-corrected chi connectivity index (χ3v) is 22.6. The van der Waals surface area contributed by atoms with Gasteiger partial charge in [0.25, 0.3) is 5.91 Å². The number of carbonyl (C=O) groups is 2. The number of amides is 1. The average Bonchev–Trinajstić information content (AvgIpc) is 1.66. The zero-order valence-corrected chi connectivity index (χ0v) is 52.8. The Morgan fingerprint density at radius 2 is 0.966 bits per heavy atom. The molecule has 2 saturated heterocycles. The van der Waals surface area contributed by atoms with Gasteiger partial charge in [0.2, 0.25) is 0 Å². The number of carboxylic acid groups (broad SMARTS) is 1. The van der Waals surface area contributed by atoms with Crippen LogP contribution in [0.3, 0.4) is 0 Å². The Labute approximate surface area is 520 Å². The number of ether oxygens (including phenoxy) is 6. The van der Waals surface area contributed by atoms with E-state index in [0.717, 1.165) is 123 Å². The predicted molar refractivity (Wildman–Crippen MR) is 342 cm³/mol. The highest BCUT2D eigenvalue weighted by atomic mass is 32.2. The van der Waals surface area contributed by atoms with E-state index in [4.69, 9.17) is 34.2 Å². The number of thiophene rings is 2. The zero-order chi connectivity index (χ0) is 60.8. The van der Waals surface area contributed by atoms with Gasteiger partial charge in [-0.1, -0.05) is 38.5 Å². The molecule has 464 valence electrons. The van der Waals surface area contributed by atoms with Crippen LogP contribution in [0.1, 0.15) is 118 Å². The summed E-state index contributed by atoms with van der Waals surface area (Å²) in [7, 11) is -6.75. The summed E-state index contributed by atoms with van der Waals surface area (Å²) in [6.45, 7) is 8.06. The summed E-state index contributed by atoms with van der Waals surface area (Å²) in [5.74, 6) is 2.31. The normalized spacial score (nSPS) is 17.5. The van der Waals surface area contributed by atoms with Crippen molar-refractivity contribution >= 4 is 86.0 Å². The number of morpholine rings is 2. The second-order valence-electron chi connectivity index (χ2n) is 23.7. The van der Waals surface area contributed by atoms with Crippen LogP contribution >= 0.6 is 22.7 Å². The number of carbonyl (C=O) groups excluding carboxylic acids is 1. The number of nitrogens with two attached hydrogens (primary N) is 1. The molecule has 4 aromatic heterocycles. The quantitative estimate of drug-likeness (QED) is 0.103. The van der Waals surface area contributed by atoms with Crippen LogP contribution in [0, 0.1) is 0 Å². The SMILES string of the molecule is CS(=O)(=O)c1ccc(N2CCOCC2)c(COc2ccc3c(c2)OCCn2c-3c(C3CCCCC3)c3sc(C(=O)O)cc32)c1.CS(=O)(=O)c1ccc(N2CCOCC2)c(COc2ccc3c(c2)OCCn2c-3c(C3CCCCC3)c3sc(C(N)=O)cc32)c1. The minimum atomic E-state index is -3.38. The van der Waals surface area contributed by atoms with Crippen LogP contribution in [-0.4, -0.2) is 121 Å². The van der Waals surface area contributed by atoms with Gasteiger partial charge in [-0.3, -0.25) is 4.79 Å². The monoisotopic (exact) mass is 1270 g/mol. The van der Waals surface area contributed by atoms with Crippen molar-refractivity contribution in [3.05, 3.63) is 117 Å². The van der Waals surface area contributed by atoms with Crippen molar-refractivity contribution in [2.24, 2.45) is 5.73 Å². The van der Waals surface area contributed by atoms with E-state index in [0.29, 0.717) is 85.8 Å². The van der Waals surface area contributed by atoms with Crippen LogP contribution in [0.25, 0.3) is 42.9 Å². The minimum Gasteiger partial charge on any atom is -0.491 e. The zero-order valence-electron chi connectivity index (χ0n) is 49.6. The Hall–Kier alpha value is -7.08. The molecule has 0 unspecified atom stereocenters. The van der Waals surface area contributed by atoms with Gasteiger partial charge in [-0.15, -0.1) is 22.7 Å². The molecule has 0 radical (unpaired) electrons. The van der Waals surface area contributed by atoms with Crippen LogP contribution in [0.2, 0.25) is 0 Å². The molecular weight excluding hydrogens is 1200 g/mol. The molecule has 0 bridgehead atoms. The van der Waals surface area contributed by atoms with Crippen LogP contribution in [0.15, 0.2) is 94.7 Å². The molecule has 2 saturated carbocycles. The van der Waals surface area contributed by atoms with Gasteiger partial charge in [0.1, 0.15) is 54.3 Å². The van der Waals surface area contributed by atoms with E-state index in [9.17, 15) is 31.5 Å². The standard InChI is InChI=1S/C33H37N3O6S2.C33H36N2O7S2/c1-44(38,39)24-8-10-26(35-11-14-40-15-12-35)22(17-24)20-42-23-7-9-25-28(18-23)41-16-13-36-27-19-29(33(34)37)43-32(27)30(31(25)36)21-5-3-2-4-6-21;1-44(38,39)24-8-10-26(34-11-14-40-15-12-34)22(17-24)20-42-23-7-9-25-28(18-23)41-16-13-35-27-19-29(33(36)37)43-32(27)30(31(25)35)21-5-3-2-4-6-21/h7-10,17-19,21H,2-6,11-16,20H2,1H3,(H2,34,37);7-10,17-19,21H,2-6,11-16,20H2,1H3,(H,36,37). The van der Waals surface area contributed by atoms with Gasteiger partial charge < -0.3 is 58.2 Å². The van der Waals surface area contributed by atoms with Crippen molar-refractivity contribution in [1.29, 1.82) is 0 Å². The van der Waals surface area contributed by atoms with Crippen molar-refractivity contribution in [2.75, 3.05) is 88.1 Å². The van der Waals surface area contributed by atoms with Gasteiger partial charge in [-0.25, -0.2) is 21.6 Å².